The van der Waals surface area contributed by atoms with E-state index in [4.69, 9.17) is 9.31 Å². The Morgan fingerprint density at radius 3 is 2.33 bits per heavy atom. The smallest absolute Gasteiger partial charge is 0.400 e. The molecule has 1 N–H and O–H groups in total. The van der Waals surface area contributed by atoms with E-state index in [1.807, 2.05) is 52.8 Å². The topological polar surface area (TPSA) is 47.6 Å². The fourth-order valence-electron chi connectivity index (χ4n) is 2.34. The van der Waals surface area contributed by atoms with Crippen molar-refractivity contribution in [3.8, 4) is 0 Å². The largest absolute Gasteiger partial charge is 0.492 e. The molecule has 1 amide bonds. The highest BCUT2D eigenvalue weighted by Gasteiger charge is 2.52. The van der Waals surface area contributed by atoms with Crippen LogP contribution in [0.5, 0.6) is 0 Å². The minimum atomic E-state index is -0.484. The van der Waals surface area contributed by atoms with Crippen LogP contribution in [0.15, 0.2) is 28.1 Å². The fraction of sp³-hybridized carbons (Fsp3) is 0.500. The van der Waals surface area contributed by atoms with Gasteiger partial charge in [-0.1, -0.05) is 34.1 Å². The van der Waals surface area contributed by atoms with Crippen molar-refractivity contribution in [1.29, 1.82) is 0 Å². The number of carbonyl (C=O) groups is 1. The van der Waals surface area contributed by atoms with Gasteiger partial charge in [-0.15, -0.1) is 0 Å². The van der Waals surface area contributed by atoms with Gasteiger partial charge in [0.1, 0.15) is 0 Å². The third-order valence-electron chi connectivity index (χ3n) is 4.65. The summed E-state index contributed by atoms with van der Waals surface area (Å²) in [5.74, 6) is -0.0810. The molecule has 1 fully saturated rings. The van der Waals surface area contributed by atoms with E-state index in [0.717, 1.165) is 15.5 Å². The molecule has 1 aromatic carbocycles. The highest BCUT2D eigenvalue weighted by Crippen LogP contribution is 2.38. The van der Waals surface area contributed by atoms with Crippen molar-refractivity contribution in [3.05, 3.63) is 39.3 Å². The highest BCUT2D eigenvalue weighted by atomic mass is 79.9. The fourth-order valence-corrected chi connectivity index (χ4v) is 2.73. The molecule has 0 radical (unpaired) electrons. The Labute approximate surface area is 153 Å². The Kier molecular flexibility index (Phi) is 5.62. The van der Waals surface area contributed by atoms with Crippen LogP contribution in [0.4, 0.5) is 0 Å². The van der Waals surface area contributed by atoms with Gasteiger partial charge >= 0.3 is 7.12 Å². The van der Waals surface area contributed by atoms with Gasteiger partial charge in [-0.05, 0) is 57.3 Å². The number of amides is 1. The SMILES string of the molecule is CC(=O)NCC(=Cc1ccc(C)c(Br)c1)B1OC(C)(C)C(C)(C)O1. The lowest BCUT2D eigenvalue weighted by molar-refractivity contribution is -0.118. The van der Waals surface area contributed by atoms with Crippen molar-refractivity contribution < 1.29 is 14.1 Å². The van der Waals surface area contributed by atoms with Crippen LogP contribution in [0, 0.1) is 6.92 Å². The molecule has 0 bridgehead atoms. The molecule has 0 unspecified atom stereocenters. The standard InChI is InChI=1S/C18H25BBrNO3/c1-12-7-8-14(10-16(12)20)9-15(11-21-13(2)22)19-23-17(3,4)18(5,6)24-19/h7-10H,11H2,1-6H3,(H,21,22). The number of halogens is 1. The number of hydrogen-bond donors (Lipinski definition) is 1. The molecule has 4 nitrogen and oxygen atoms in total. The molecule has 0 aromatic heterocycles. The quantitative estimate of drug-likeness (QED) is 0.789. The zero-order valence-corrected chi connectivity index (χ0v) is 16.8. The van der Waals surface area contributed by atoms with Gasteiger partial charge in [-0.25, -0.2) is 0 Å². The van der Waals surface area contributed by atoms with E-state index < -0.39 is 18.3 Å². The van der Waals surface area contributed by atoms with Crippen LogP contribution in [-0.4, -0.2) is 30.8 Å². The van der Waals surface area contributed by atoms with Crippen molar-refractivity contribution in [2.75, 3.05) is 6.54 Å². The number of rotatable bonds is 4. The van der Waals surface area contributed by atoms with Crippen molar-refractivity contribution in [2.24, 2.45) is 0 Å². The molecule has 0 aliphatic carbocycles. The lowest BCUT2D eigenvalue weighted by Crippen LogP contribution is -2.41. The zero-order valence-electron chi connectivity index (χ0n) is 15.2. The van der Waals surface area contributed by atoms with E-state index in [9.17, 15) is 4.79 Å². The monoisotopic (exact) mass is 393 g/mol. The molecular formula is C18H25BBrNO3. The van der Waals surface area contributed by atoms with Crippen LogP contribution in [0.2, 0.25) is 0 Å². The summed E-state index contributed by atoms with van der Waals surface area (Å²) in [6.07, 6.45) is 2.02. The average molecular weight is 394 g/mol. The number of carbonyl (C=O) groups excluding carboxylic acids is 1. The lowest BCUT2D eigenvalue weighted by Gasteiger charge is -2.32. The van der Waals surface area contributed by atoms with E-state index in [2.05, 4.69) is 27.3 Å². The lowest BCUT2D eigenvalue weighted by atomic mass is 9.77. The molecule has 1 aliphatic heterocycles. The Hall–Kier alpha value is -1.11. The van der Waals surface area contributed by atoms with Crippen LogP contribution in [0.3, 0.4) is 0 Å². The van der Waals surface area contributed by atoms with Gasteiger partial charge in [0.25, 0.3) is 0 Å². The second-order valence-electron chi connectivity index (χ2n) is 7.23. The molecule has 1 heterocycles. The first-order valence-electron chi connectivity index (χ1n) is 8.08. The Balaban J connectivity index is 2.33. The molecule has 2 rings (SSSR count). The normalized spacial score (nSPS) is 19.5. The number of nitrogens with one attached hydrogen (secondary N) is 1. The third-order valence-corrected chi connectivity index (χ3v) is 5.50. The summed E-state index contributed by atoms with van der Waals surface area (Å²) in [5, 5.41) is 2.84. The summed E-state index contributed by atoms with van der Waals surface area (Å²) in [6, 6.07) is 6.14. The summed E-state index contributed by atoms with van der Waals surface area (Å²) in [4.78, 5) is 11.3. The van der Waals surface area contributed by atoms with Crippen LogP contribution in [0.25, 0.3) is 6.08 Å². The molecule has 130 valence electrons. The maximum absolute atomic E-state index is 11.3. The molecule has 0 atom stereocenters. The summed E-state index contributed by atoms with van der Waals surface area (Å²) >= 11 is 3.56. The molecule has 0 spiro atoms. The second-order valence-corrected chi connectivity index (χ2v) is 8.08. The molecular weight excluding hydrogens is 369 g/mol. The predicted molar refractivity (Wildman–Crippen MR) is 102 cm³/mol. The minimum absolute atomic E-state index is 0.0810. The summed E-state index contributed by atoms with van der Waals surface area (Å²) < 4.78 is 13.3. The van der Waals surface area contributed by atoms with Crippen LogP contribution in [-0.2, 0) is 14.1 Å². The van der Waals surface area contributed by atoms with Gasteiger partial charge in [0.05, 0.1) is 11.2 Å². The number of hydrogen-bond acceptors (Lipinski definition) is 3. The summed E-state index contributed by atoms with van der Waals surface area (Å²) in [5.41, 5.74) is 2.26. The van der Waals surface area contributed by atoms with E-state index in [-0.39, 0.29) is 5.91 Å². The zero-order chi connectivity index (χ0) is 18.1. The third kappa shape index (κ3) is 4.29. The van der Waals surface area contributed by atoms with E-state index in [1.165, 1.54) is 12.5 Å². The van der Waals surface area contributed by atoms with Gasteiger partial charge in [0, 0.05) is 17.9 Å². The molecule has 1 aromatic rings. The van der Waals surface area contributed by atoms with Gasteiger partial charge in [-0.3, -0.25) is 4.79 Å². The maximum Gasteiger partial charge on any atom is 0.492 e. The molecule has 6 heteroatoms. The average Bonchev–Trinajstić information content (AvgIpc) is 2.67. The van der Waals surface area contributed by atoms with Crippen molar-refractivity contribution in [3.63, 3.8) is 0 Å². The first-order valence-corrected chi connectivity index (χ1v) is 8.88. The molecule has 0 saturated carbocycles. The maximum atomic E-state index is 11.3. The van der Waals surface area contributed by atoms with E-state index in [0.29, 0.717) is 6.54 Å². The van der Waals surface area contributed by atoms with Crippen LogP contribution < -0.4 is 5.32 Å². The predicted octanol–water partition coefficient (Wildman–Crippen LogP) is 3.91. The number of aryl methyl sites for hydroxylation is 1. The molecule has 1 saturated heterocycles. The van der Waals surface area contributed by atoms with Crippen LogP contribution >= 0.6 is 15.9 Å². The van der Waals surface area contributed by atoms with E-state index in [1.54, 1.807) is 0 Å². The van der Waals surface area contributed by atoms with Crippen LogP contribution in [0.1, 0.15) is 45.7 Å². The minimum Gasteiger partial charge on any atom is -0.400 e. The second kappa shape index (κ2) is 7.02. The number of benzene rings is 1. The molecule has 1 aliphatic rings. The van der Waals surface area contributed by atoms with Gasteiger partial charge in [-0.2, -0.15) is 0 Å². The highest BCUT2D eigenvalue weighted by molar-refractivity contribution is 9.10. The van der Waals surface area contributed by atoms with Gasteiger partial charge in [0.15, 0.2) is 0 Å². The summed E-state index contributed by atoms with van der Waals surface area (Å²) in [7, 11) is -0.484. The Bertz CT molecular complexity index is 654. The Morgan fingerprint density at radius 1 is 1.25 bits per heavy atom. The van der Waals surface area contributed by atoms with Gasteiger partial charge in [0.2, 0.25) is 5.91 Å². The Morgan fingerprint density at radius 2 is 1.83 bits per heavy atom. The van der Waals surface area contributed by atoms with Crippen molar-refractivity contribution >= 4 is 35.0 Å². The van der Waals surface area contributed by atoms with E-state index >= 15 is 0 Å². The van der Waals surface area contributed by atoms with Crippen molar-refractivity contribution in [2.45, 2.75) is 52.7 Å². The molecule has 24 heavy (non-hydrogen) atoms. The first-order chi connectivity index (χ1) is 11.0. The van der Waals surface area contributed by atoms with Crippen molar-refractivity contribution in [1.82, 2.24) is 5.32 Å². The van der Waals surface area contributed by atoms with Gasteiger partial charge < -0.3 is 14.6 Å². The summed E-state index contributed by atoms with van der Waals surface area (Å²) in [6.45, 7) is 12.0. The first kappa shape index (κ1) is 19.2.